The Morgan fingerprint density at radius 1 is 1.22 bits per heavy atom. The third-order valence-electron chi connectivity index (χ3n) is 5.50. The molecule has 2 N–H and O–H groups in total. The van der Waals surface area contributed by atoms with Crippen LogP contribution < -0.4 is 5.73 Å². The number of piperidine rings is 3. The smallest absolute Gasteiger partial charge is 0.0487 e. The van der Waals surface area contributed by atoms with Crippen LogP contribution in [0, 0.1) is 11.8 Å². The molecule has 3 saturated heterocycles. The van der Waals surface area contributed by atoms with E-state index in [0.29, 0.717) is 5.54 Å². The molecule has 0 radical (unpaired) electrons. The van der Waals surface area contributed by atoms with Crippen LogP contribution in [-0.4, -0.2) is 54.6 Å². The summed E-state index contributed by atoms with van der Waals surface area (Å²) in [5.74, 6) is 1.84. The molecule has 0 aromatic rings. The van der Waals surface area contributed by atoms with Crippen LogP contribution in [-0.2, 0) is 0 Å². The molecule has 0 amide bonds. The van der Waals surface area contributed by atoms with Crippen molar-refractivity contribution < 1.29 is 0 Å². The van der Waals surface area contributed by atoms with E-state index in [4.69, 9.17) is 5.73 Å². The molecule has 104 valence electrons. The summed E-state index contributed by atoms with van der Waals surface area (Å²) in [6, 6.07) is 0. The second-order valence-corrected chi connectivity index (χ2v) is 6.75. The Hall–Kier alpha value is -0.120. The van der Waals surface area contributed by atoms with Crippen molar-refractivity contribution >= 4 is 0 Å². The zero-order valence-corrected chi connectivity index (χ0v) is 11.9. The highest BCUT2D eigenvalue weighted by Crippen LogP contribution is 2.41. The third kappa shape index (κ3) is 2.21. The highest BCUT2D eigenvalue weighted by Gasteiger charge is 2.49. The fraction of sp³-hybridized carbons (Fsp3) is 1.00. The summed E-state index contributed by atoms with van der Waals surface area (Å²) >= 11 is 0. The number of hydrogen-bond donors (Lipinski definition) is 1. The molecule has 1 saturated carbocycles. The summed E-state index contributed by atoms with van der Waals surface area (Å²) in [6.45, 7) is 9.60. The van der Waals surface area contributed by atoms with Crippen molar-refractivity contribution in [2.75, 3.05) is 39.3 Å². The van der Waals surface area contributed by atoms with Crippen molar-refractivity contribution in [2.45, 2.75) is 44.6 Å². The molecule has 4 aliphatic rings. The molecular formula is C15H29N3. The molecule has 3 heterocycles. The largest absolute Gasteiger partial charge is 0.329 e. The van der Waals surface area contributed by atoms with Gasteiger partial charge in [-0.3, -0.25) is 4.90 Å². The Balaban J connectivity index is 1.78. The molecule has 2 bridgehead atoms. The van der Waals surface area contributed by atoms with Crippen LogP contribution in [0.3, 0.4) is 0 Å². The molecule has 0 aromatic heterocycles. The van der Waals surface area contributed by atoms with Crippen molar-refractivity contribution in [3.05, 3.63) is 0 Å². The van der Waals surface area contributed by atoms with Crippen LogP contribution in [0.2, 0.25) is 0 Å². The van der Waals surface area contributed by atoms with Gasteiger partial charge in [0, 0.05) is 25.2 Å². The van der Waals surface area contributed by atoms with Gasteiger partial charge in [-0.2, -0.15) is 0 Å². The van der Waals surface area contributed by atoms with Crippen LogP contribution >= 0.6 is 0 Å². The molecule has 0 aromatic carbocycles. The van der Waals surface area contributed by atoms with Crippen LogP contribution in [0.15, 0.2) is 0 Å². The average Bonchev–Trinajstić information content (AvgIpc) is 3.23. The molecule has 3 aliphatic heterocycles. The van der Waals surface area contributed by atoms with Crippen molar-refractivity contribution in [1.29, 1.82) is 0 Å². The Morgan fingerprint density at radius 3 is 2.39 bits per heavy atom. The maximum Gasteiger partial charge on any atom is 0.0487 e. The predicted molar refractivity (Wildman–Crippen MR) is 75.5 cm³/mol. The first-order chi connectivity index (χ1) is 8.78. The molecule has 1 atom stereocenters. The van der Waals surface area contributed by atoms with E-state index in [9.17, 15) is 0 Å². The first-order valence-corrected chi connectivity index (χ1v) is 7.96. The number of nitrogens with two attached hydrogens (primary N) is 1. The zero-order valence-electron chi connectivity index (χ0n) is 11.9. The van der Waals surface area contributed by atoms with Crippen molar-refractivity contribution in [3.63, 3.8) is 0 Å². The predicted octanol–water partition coefficient (Wildman–Crippen LogP) is 1.53. The Kier molecular flexibility index (Phi) is 3.65. The summed E-state index contributed by atoms with van der Waals surface area (Å²) in [4.78, 5) is 5.45. The van der Waals surface area contributed by atoms with Gasteiger partial charge in [0.05, 0.1) is 0 Å². The van der Waals surface area contributed by atoms with E-state index in [-0.39, 0.29) is 0 Å². The molecule has 3 nitrogen and oxygen atoms in total. The Morgan fingerprint density at radius 2 is 1.94 bits per heavy atom. The van der Waals surface area contributed by atoms with Gasteiger partial charge in [-0.1, -0.05) is 6.92 Å². The van der Waals surface area contributed by atoms with Gasteiger partial charge in [-0.15, -0.1) is 0 Å². The lowest BCUT2D eigenvalue weighted by molar-refractivity contribution is -0.0690. The number of hydrogen-bond acceptors (Lipinski definition) is 3. The van der Waals surface area contributed by atoms with Gasteiger partial charge in [-0.05, 0) is 63.6 Å². The second-order valence-electron chi connectivity index (χ2n) is 6.75. The zero-order chi connectivity index (χ0) is 12.6. The summed E-state index contributed by atoms with van der Waals surface area (Å²) in [5.41, 5.74) is 6.60. The van der Waals surface area contributed by atoms with Crippen molar-refractivity contribution in [2.24, 2.45) is 17.6 Å². The first-order valence-electron chi connectivity index (χ1n) is 7.96. The summed E-state index contributed by atoms with van der Waals surface area (Å²) in [7, 11) is 0. The molecule has 4 fully saturated rings. The fourth-order valence-electron chi connectivity index (χ4n) is 4.24. The highest BCUT2D eigenvalue weighted by molar-refractivity contribution is 5.06. The van der Waals surface area contributed by atoms with E-state index in [0.717, 1.165) is 18.4 Å². The maximum atomic E-state index is 6.28. The van der Waals surface area contributed by atoms with Gasteiger partial charge in [0.1, 0.15) is 0 Å². The van der Waals surface area contributed by atoms with E-state index >= 15 is 0 Å². The summed E-state index contributed by atoms with van der Waals surface area (Å²) < 4.78 is 0. The van der Waals surface area contributed by atoms with Gasteiger partial charge in [-0.25, -0.2) is 0 Å². The Bertz CT molecular complexity index is 281. The molecule has 0 spiro atoms. The monoisotopic (exact) mass is 251 g/mol. The van der Waals surface area contributed by atoms with Crippen molar-refractivity contribution in [1.82, 2.24) is 9.80 Å². The van der Waals surface area contributed by atoms with E-state index in [2.05, 4.69) is 16.7 Å². The van der Waals surface area contributed by atoms with Gasteiger partial charge in [0.15, 0.2) is 0 Å². The minimum atomic E-state index is 0.315. The lowest BCUT2D eigenvalue weighted by Gasteiger charge is -2.58. The van der Waals surface area contributed by atoms with Gasteiger partial charge in [0.2, 0.25) is 0 Å². The van der Waals surface area contributed by atoms with Gasteiger partial charge >= 0.3 is 0 Å². The first kappa shape index (κ1) is 12.9. The maximum absolute atomic E-state index is 6.28. The Labute approximate surface area is 112 Å². The van der Waals surface area contributed by atoms with Crippen LogP contribution in [0.5, 0.6) is 0 Å². The SMILES string of the molecule is CCCN(CC1CC1)C1(CN)CN2CCC1CC2. The number of rotatable bonds is 6. The highest BCUT2D eigenvalue weighted by atomic mass is 15.3. The normalized spacial score (nSPS) is 39.5. The topological polar surface area (TPSA) is 32.5 Å². The standard InChI is InChI=1S/C15H29N3/c1-2-7-18(10-13-3-4-13)15(11-16)12-17-8-5-14(15)6-9-17/h13-14H,2-12,16H2,1H3. The fourth-order valence-corrected chi connectivity index (χ4v) is 4.24. The molecular weight excluding hydrogens is 222 g/mol. The molecule has 1 unspecified atom stereocenters. The van der Waals surface area contributed by atoms with E-state index in [1.54, 1.807) is 0 Å². The van der Waals surface area contributed by atoms with E-state index in [1.807, 2.05) is 0 Å². The van der Waals surface area contributed by atoms with Crippen LogP contribution in [0.1, 0.15) is 39.0 Å². The quantitative estimate of drug-likeness (QED) is 0.777. The molecule has 1 aliphatic carbocycles. The lowest BCUT2D eigenvalue weighted by Crippen LogP contribution is -2.70. The summed E-state index contributed by atoms with van der Waals surface area (Å²) in [6.07, 6.45) is 6.93. The number of nitrogens with zero attached hydrogens (tertiary/aromatic N) is 2. The molecule has 18 heavy (non-hydrogen) atoms. The van der Waals surface area contributed by atoms with Gasteiger partial charge < -0.3 is 10.6 Å². The minimum absolute atomic E-state index is 0.315. The number of fused-ring (bicyclic) bond motifs is 3. The van der Waals surface area contributed by atoms with E-state index < -0.39 is 0 Å². The third-order valence-corrected chi connectivity index (χ3v) is 5.50. The second kappa shape index (κ2) is 5.10. The molecule has 3 heteroatoms. The lowest BCUT2D eigenvalue weighted by atomic mass is 9.71. The minimum Gasteiger partial charge on any atom is -0.329 e. The van der Waals surface area contributed by atoms with Crippen molar-refractivity contribution in [3.8, 4) is 0 Å². The van der Waals surface area contributed by atoms with E-state index in [1.165, 1.54) is 64.8 Å². The average molecular weight is 251 g/mol. The van der Waals surface area contributed by atoms with Crippen LogP contribution in [0.4, 0.5) is 0 Å². The summed E-state index contributed by atoms with van der Waals surface area (Å²) in [5, 5.41) is 0. The van der Waals surface area contributed by atoms with Crippen LogP contribution in [0.25, 0.3) is 0 Å². The van der Waals surface area contributed by atoms with Gasteiger partial charge in [0.25, 0.3) is 0 Å². The molecule has 4 rings (SSSR count).